The lowest BCUT2D eigenvalue weighted by Gasteiger charge is -2.33. The molecule has 0 radical (unpaired) electrons. The van der Waals surface area contributed by atoms with E-state index in [2.05, 4.69) is 12.2 Å². The maximum atomic E-state index is 11.6. The summed E-state index contributed by atoms with van der Waals surface area (Å²) in [6.07, 6.45) is 3.97. The predicted octanol–water partition coefficient (Wildman–Crippen LogP) is 0.849. The normalized spacial score (nSPS) is 20.4. The molecule has 0 amide bonds. The van der Waals surface area contributed by atoms with E-state index in [4.69, 9.17) is 9.47 Å². The number of methoxy groups -OCH3 is 1. The molecule has 1 unspecified atom stereocenters. The van der Waals surface area contributed by atoms with Crippen molar-refractivity contribution in [2.24, 2.45) is 0 Å². The minimum Gasteiger partial charge on any atom is -0.468 e. The van der Waals surface area contributed by atoms with Crippen LogP contribution in [0.5, 0.6) is 0 Å². The van der Waals surface area contributed by atoms with Crippen LogP contribution in [0.15, 0.2) is 0 Å². The van der Waals surface area contributed by atoms with Crippen molar-refractivity contribution in [3.63, 3.8) is 0 Å². The van der Waals surface area contributed by atoms with Gasteiger partial charge in [0.05, 0.1) is 12.7 Å². The van der Waals surface area contributed by atoms with E-state index in [0.29, 0.717) is 32.6 Å². The predicted molar refractivity (Wildman–Crippen MR) is 68.3 cm³/mol. The molecule has 1 aliphatic heterocycles. The lowest BCUT2D eigenvalue weighted by atomic mass is 9.94. The number of unbranched alkanes of at least 4 members (excludes halogenated alkanes) is 1. The van der Waals surface area contributed by atoms with Gasteiger partial charge >= 0.3 is 5.97 Å². The van der Waals surface area contributed by atoms with Gasteiger partial charge in [0.15, 0.2) is 0 Å². The van der Waals surface area contributed by atoms with E-state index in [1.807, 2.05) is 0 Å². The number of carbonyl (C=O) groups excluding carboxylic acids is 1. The molecule has 0 saturated carbocycles. The standard InChI is InChI=1S/C13H25NO4/c1-3-4-5-11(12(15)17-2)14-10-13(16)6-8-18-9-7-13/h11,14,16H,3-10H2,1-2H3. The lowest BCUT2D eigenvalue weighted by molar-refractivity contribution is -0.143. The maximum Gasteiger partial charge on any atom is 0.322 e. The third-order valence-corrected chi connectivity index (χ3v) is 3.43. The lowest BCUT2D eigenvalue weighted by Crippen LogP contribution is -2.50. The van der Waals surface area contributed by atoms with Crippen LogP contribution in [-0.4, -0.2) is 49.6 Å². The average Bonchev–Trinajstić information content (AvgIpc) is 2.39. The Morgan fingerprint density at radius 1 is 1.50 bits per heavy atom. The minimum atomic E-state index is -0.753. The zero-order chi connectivity index (χ0) is 13.4. The zero-order valence-electron chi connectivity index (χ0n) is 11.4. The van der Waals surface area contributed by atoms with Crippen molar-refractivity contribution in [3.05, 3.63) is 0 Å². The van der Waals surface area contributed by atoms with Gasteiger partial charge in [0.25, 0.3) is 0 Å². The number of esters is 1. The fourth-order valence-corrected chi connectivity index (χ4v) is 2.10. The van der Waals surface area contributed by atoms with Crippen molar-refractivity contribution < 1.29 is 19.4 Å². The van der Waals surface area contributed by atoms with Gasteiger partial charge in [-0.15, -0.1) is 0 Å². The van der Waals surface area contributed by atoms with Crippen LogP contribution in [0.3, 0.4) is 0 Å². The second-order valence-corrected chi connectivity index (χ2v) is 4.94. The summed E-state index contributed by atoms with van der Waals surface area (Å²) in [7, 11) is 1.39. The Hall–Kier alpha value is -0.650. The van der Waals surface area contributed by atoms with Crippen molar-refractivity contribution >= 4 is 5.97 Å². The van der Waals surface area contributed by atoms with Gasteiger partial charge < -0.3 is 19.9 Å². The number of nitrogens with one attached hydrogen (secondary N) is 1. The Bertz CT molecular complexity index is 251. The zero-order valence-corrected chi connectivity index (χ0v) is 11.4. The number of hydrogen-bond donors (Lipinski definition) is 2. The van der Waals surface area contributed by atoms with Gasteiger partial charge in [-0.1, -0.05) is 19.8 Å². The van der Waals surface area contributed by atoms with Crippen LogP contribution < -0.4 is 5.32 Å². The number of aliphatic hydroxyl groups is 1. The highest BCUT2D eigenvalue weighted by Crippen LogP contribution is 2.19. The van der Waals surface area contributed by atoms with Crippen LogP contribution in [0, 0.1) is 0 Å². The molecule has 1 rings (SSSR count). The highest BCUT2D eigenvalue weighted by Gasteiger charge is 2.31. The van der Waals surface area contributed by atoms with Crippen molar-refractivity contribution in [3.8, 4) is 0 Å². The Morgan fingerprint density at radius 2 is 2.17 bits per heavy atom. The highest BCUT2D eigenvalue weighted by molar-refractivity contribution is 5.75. The first-order valence-electron chi connectivity index (χ1n) is 6.72. The molecule has 0 aliphatic carbocycles. The largest absolute Gasteiger partial charge is 0.468 e. The van der Waals surface area contributed by atoms with Crippen molar-refractivity contribution in [1.82, 2.24) is 5.32 Å². The summed E-state index contributed by atoms with van der Waals surface area (Å²) in [5, 5.41) is 13.4. The smallest absolute Gasteiger partial charge is 0.322 e. The summed E-state index contributed by atoms with van der Waals surface area (Å²) in [6.45, 7) is 3.66. The first kappa shape index (κ1) is 15.4. The summed E-state index contributed by atoms with van der Waals surface area (Å²) in [5.74, 6) is -0.251. The second kappa shape index (κ2) is 7.71. The van der Waals surface area contributed by atoms with Gasteiger partial charge in [-0.2, -0.15) is 0 Å². The van der Waals surface area contributed by atoms with E-state index in [0.717, 1.165) is 19.3 Å². The van der Waals surface area contributed by atoms with Crippen molar-refractivity contribution in [1.29, 1.82) is 0 Å². The molecule has 1 fully saturated rings. The van der Waals surface area contributed by atoms with Gasteiger partial charge in [0, 0.05) is 32.6 Å². The second-order valence-electron chi connectivity index (χ2n) is 4.94. The van der Waals surface area contributed by atoms with Crippen LogP contribution in [-0.2, 0) is 14.3 Å². The van der Waals surface area contributed by atoms with Gasteiger partial charge in [0.1, 0.15) is 6.04 Å². The molecule has 5 nitrogen and oxygen atoms in total. The molecule has 2 N–H and O–H groups in total. The van der Waals surface area contributed by atoms with Crippen LogP contribution in [0.1, 0.15) is 39.0 Å². The summed E-state index contributed by atoms with van der Waals surface area (Å²) >= 11 is 0. The molecular formula is C13H25NO4. The van der Waals surface area contributed by atoms with Crippen LogP contribution >= 0.6 is 0 Å². The molecule has 5 heteroatoms. The summed E-state index contributed by atoms with van der Waals surface area (Å²) in [4.78, 5) is 11.6. The number of hydrogen-bond acceptors (Lipinski definition) is 5. The molecule has 1 atom stereocenters. The summed E-state index contributed by atoms with van der Waals surface area (Å²) in [5.41, 5.74) is -0.753. The third-order valence-electron chi connectivity index (χ3n) is 3.43. The molecule has 0 bridgehead atoms. The molecule has 0 spiro atoms. The SMILES string of the molecule is CCCCC(NCC1(O)CCOCC1)C(=O)OC. The van der Waals surface area contributed by atoms with Crippen LogP contribution in [0.2, 0.25) is 0 Å². The van der Waals surface area contributed by atoms with E-state index in [9.17, 15) is 9.90 Å². The Labute approximate surface area is 109 Å². The molecule has 1 aliphatic rings. The molecule has 106 valence electrons. The Balaban J connectivity index is 2.42. The van der Waals surface area contributed by atoms with E-state index in [1.54, 1.807) is 0 Å². The molecule has 0 aromatic heterocycles. The molecular weight excluding hydrogens is 234 g/mol. The number of ether oxygens (including phenoxy) is 2. The fourth-order valence-electron chi connectivity index (χ4n) is 2.10. The van der Waals surface area contributed by atoms with Gasteiger partial charge in [0.2, 0.25) is 0 Å². The van der Waals surface area contributed by atoms with Crippen molar-refractivity contribution in [2.75, 3.05) is 26.9 Å². The Kier molecular flexibility index (Phi) is 6.60. The quantitative estimate of drug-likeness (QED) is 0.663. The van der Waals surface area contributed by atoms with E-state index in [-0.39, 0.29) is 12.0 Å². The van der Waals surface area contributed by atoms with Gasteiger partial charge in [-0.25, -0.2) is 0 Å². The number of rotatable bonds is 7. The minimum absolute atomic E-state index is 0.251. The molecule has 1 saturated heterocycles. The topological polar surface area (TPSA) is 67.8 Å². The number of carbonyl (C=O) groups is 1. The monoisotopic (exact) mass is 259 g/mol. The average molecular weight is 259 g/mol. The molecule has 0 aromatic carbocycles. The van der Waals surface area contributed by atoms with Gasteiger partial charge in [-0.05, 0) is 6.42 Å². The van der Waals surface area contributed by atoms with Gasteiger partial charge in [-0.3, -0.25) is 4.79 Å². The van der Waals surface area contributed by atoms with E-state index in [1.165, 1.54) is 7.11 Å². The highest BCUT2D eigenvalue weighted by atomic mass is 16.5. The fraction of sp³-hybridized carbons (Fsp3) is 0.923. The third kappa shape index (κ3) is 4.92. The Morgan fingerprint density at radius 3 is 2.72 bits per heavy atom. The summed E-state index contributed by atoms with van der Waals surface area (Å²) in [6, 6.07) is -0.318. The first-order chi connectivity index (χ1) is 8.61. The molecule has 1 heterocycles. The van der Waals surface area contributed by atoms with Crippen molar-refractivity contribution in [2.45, 2.75) is 50.7 Å². The first-order valence-corrected chi connectivity index (χ1v) is 6.72. The van der Waals surface area contributed by atoms with Crippen LogP contribution in [0.4, 0.5) is 0 Å². The van der Waals surface area contributed by atoms with E-state index >= 15 is 0 Å². The molecule has 18 heavy (non-hydrogen) atoms. The van der Waals surface area contributed by atoms with Crippen LogP contribution in [0.25, 0.3) is 0 Å². The van der Waals surface area contributed by atoms with E-state index < -0.39 is 5.60 Å². The maximum absolute atomic E-state index is 11.6. The summed E-state index contributed by atoms with van der Waals surface area (Å²) < 4.78 is 10.0. The molecule has 0 aromatic rings.